The predicted molar refractivity (Wildman–Crippen MR) is 115 cm³/mol. The van der Waals surface area contributed by atoms with Crippen molar-refractivity contribution >= 4 is 23.5 Å². The number of aromatic nitrogens is 1. The molecule has 1 N–H and O–H groups in total. The van der Waals surface area contributed by atoms with Crippen molar-refractivity contribution in [3.05, 3.63) is 24.5 Å². The van der Waals surface area contributed by atoms with E-state index in [1.165, 1.54) is 18.5 Å². The lowest BCUT2D eigenvalue weighted by Gasteiger charge is -2.48. The van der Waals surface area contributed by atoms with Crippen molar-refractivity contribution in [3.63, 3.8) is 0 Å². The van der Waals surface area contributed by atoms with Gasteiger partial charge >= 0.3 is 5.97 Å². The number of rotatable bonds is 4. The molecular weight excluding hydrogens is 396 g/mol. The van der Waals surface area contributed by atoms with Gasteiger partial charge in [0.05, 0.1) is 0 Å². The lowest BCUT2D eigenvalue weighted by atomic mass is 9.71. The van der Waals surface area contributed by atoms with E-state index >= 15 is 0 Å². The van der Waals surface area contributed by atoms with Crippen LogP contribution in [0.3, 0.4) is 0 Å². The normalized spacial score (nSPS) is 21.9. The number of hydrogen-bond donors (Lipinski definition) is 1. The topological polar surface area (TPSA) is 94.0 Å². The smallest absolute Gasteiger partial charge is 0.312 e. The molecule has 0 unspecified atom stereocenters. The fraction of sp³-hybridized carbons (Fsp3) is 0.652. The first kappa shape index (κ1) is 21.6. The van der Waals surface area contributed by atoms with E-state index in [9.17, 15) is 14.4 Å². The van der Waals surface area contributed by atoms with Gasteiger partial charge in [-0.3, -0.25) is 19.4 Å². The second-order valence-electron chi connectivity index (χ2n) is 9.24. The number of carbonyl (C=O) groups excluding carboxylic acids is 2. The zero-order valence-corrected chi connectivity index (χ0v) is 18.0. The van der Waals surface area contributed by atoms with E-state index in [4.69, 9.17) is 5.11 Å². The molecule has 1 aromatic rings. The maximum Gasteiger partial charge on any atom is 0.312 e. The summed E-state index contributed by atoms with van der Waals surface area (Å²) >= 11 is 0. The summed E-state index contributed by atoms with van der Waals surface area (Å²) in [5.74, 6) is -1.28. The average Bonchev–Trinajstić information content (AvgIpc) is 2.80. The number of carboxylic acid groups (broad SMARTS) is 1. The number of hydrogen-bond acceptors (Lipinski definition) is 5. The lowest BCUT2D eigenvalue weighted by molar-refractivity contribution is -0.147. The van der Waals surface area contributed by atoms with Gasteiger partial charge < -0.3 is 19.8 Å². The SMILES string of the molecule is O=C(O)CC(=O)N1CCC(C(=O)N2CCC3(CC2)CCN(c2ccncc2)CC3)CC1. The molecular formula is C23H32N4O4. The van der Waals surface area contributed by atoms with Gasteiger partial charge in [0.15, 0.2) is 0 Å². The predicted octanol–water partition coefficient (Wildman–Crippen LogP) is 2.00. The maximum absolute atomic E-state index is 13.0. The third-order valence-corrected chi connectivity index (χ3v) is 7.49. The van der Waals surface area contributed by atoms with E-state index in [0.717, 1.165) is 39.0 Å². The Labute approximate surface area is 183 Å². The van der Waals surface area contributed by atoms with Crippen LogP contribution in [0.2, 0.25) is 0 Å². The zero-order chi connectivity index (χ0) is 21.8. The van der Waals surface area contributed by atoms with Crippen LogP contribution in [-0.2, 0) is 14.4 Å². The van der Waals surface area contributed by atoms with Crippen LogP contribution in [0.1, 0.15) is 44.9 Å². The molecule has 8 heteroatoms. The summed E-state index contributed by atoms with van der Waals surface area (Å²) in [6, 6.07) is 4.14. The van der Waals surface area contributed by atoms with Gasteiger partial charge in [-0.05, 0) is 56.1 Å². The van der Waals surface area contributed by atoms with Crippen LogP contribution in [0.4, 0.5) is 5.69 Å². The summed E-state index contributed by atoms with van der Waals surface area (Å²) in [6.07, 6.45) is 8.96. The van der Waals surface area contributed by atoms with Crippen LogP contribution < -0.4 is 4.90 Å². The van der Waals surface area contributed by atoms with Gasteiger partial charge in [-0.2, -0.15) is 0 Å². The van der Waals surface area contributed by atoms with E-state index in [1.807, 2.05) is 17.3 Å². The fourth-order valence-corrected chi connectivity index (χ4v) is 5.37. The Morgan fingerprint density at radius 1 is 0.903 bits per heavy atom. The number of anilines is 1. The first-order valence-electron chi connectivity index (χ1n) is 11.4. The van der Waals surface area contributed by atoms with Crippen LogP contribution in [0, 0.1) is 11.3 Å². The van der Waals surface area contributed by atoms with Crippen LogP contribution in [0.5, 0.6) is 0 Å². The average molecular weight is 429 g/mol. The first-order valence-corrected chi connectivity index (χ1v) is 11.4. The van der Waals surface area contributed by atoms with Gasteiger partial charge in [0, 0.05) is 63.3 Å². The molecule has 3 fully saturated rings. The molecule has 1 spiro atoms. The molecule has 0 aromatic carbocycles. The van der Waals surface area contributed by atoms with Crippen LogP contribution >= 0.6 is 0 Å². The number of nitrogens with zero attached hydrogens (tertiary/aromatic N) is 4. The minimum atomic E-state index is -1.10. The van der Waals surface area contributed by atoms with Crippen LogP contribution in [-0.4, -0.2) is 76.9 Å². The van der Waals surface area contributed by atoms with E-state index in [2.05, 4.69) is 22.0 Å². The summed E-state index contributed by atoms with van der Waals surface area (Å²) in [7, 11) is 0. The quantitative estimate of drug-likeness (QED) is 0.738. The first-order chi connectivity index (χ1) is 15.0. The van der Waals surface area contributed by atoms with Crippen LogP contribution in [0.25, 0.3) is 0 Å². The van der Waals surface area contributed by atoms with Crippen molar-refractivity contribution in [3.8, 4) is 0 Å². The number of likely N-dealkylation sites (tertiary alicyclic amines) is 2. The molecule has 2 amide bonds. The highest BCUT2D eigenvalue weighted by Crippen LogP contribution is 2.42. The summed E-state index contributed by atoms with van der Waals surface area (Å²) in [6.45, 7) is 4.72. The third-order valence-electron chi connectivity index (χ3n) is 7.49. The molecule has 0 atom stereocenters. The van der Waals surface area contributed by atoms with E-state index < -0.39 is 12.4 Å². The van der Waals surface area contributed by atoms with Crippen molar-refractivity contribution < 1.29 is 19.5 Å². The van der Waals surface area contributed by atoms with Crippen molar-refractivity contribution in [2.75, 3.05) is 44.2 Å². The van der Waals surface area contributed by atoms with Gasteiger partial charge in [0.2, 0.25) is 11.8 Å². The largest absolute Gasteiger partial charge is 0.481 e. The minimum Gasteiger partial charge on any atom is -0.481 e. The molecule has 1 aromatic heterocycles. The second-order valence-corrected chi connectivity index (χ2v) is 9.24. The Kier molecular flexibility index (Phi) is 6.43. The Bertz CT molecular complexity index is 789. The van der Waals surface area contributed by atoms with Gasteiger partial charge in [-0.25, -0.2) is 0 Å². The molecule has 3 aliphatic heterocycles. The molecule has 0 aliphatic carbocycles. The highest BCUT2D eigenvalue weighted by atomic mass is 16.4. The summed E-state index contributed by atoms with van der Waals surface area (Å²) < 4.78 is 0. The molecule has 4 rings (SSSR count). The molecule has 3 aliphatic rings. The number of amides is 2. The molecule has 3 saturated heterocycles. The number of pyridine rings is 1. The fourth-order valence-electron chi connectivity index (χ4n) is 5.37. The van der Waals surface area contributed by atoms with Gasteiger partial charge in [-0.15, -0.1) is 0 Å². The number of carboxylic acids is 1. The Hall–Kier alpha value is -2.64. The Morgan fingerprint density at radius 3 is 2.06 bits per heavy atom. The van der Waals surface area contributed by atoms with Crippen molar-refractivity contribution in [2.24, 2.45) is 11.3 Å². The summed E-state index contributed by atoms with van der Waals surface area (Å²) in [5.41, 5.74) is 1.60. The van der Waals surface area contributed by atoms with E-state index in [1.54, 1.807) is 4.90 Å². The number of piperidine rings is 3. The molecule has 4 heterocycles. The molecule has 0 saturated carbocycles. The summed E-state index contributed by atoms with van der Waals surface area (Å²) in [5, 5.41) is 8.79. The van der Waals surface area contributed by atoms with Crippen molar-refractivity contribution in [1.29, 1.82) is 0 Å². The Balaban J connectivity index is 1.23. The summed E-state index contributed by atoms with van der Waals surface area (Å²) in [4.78, 5) is 45.8. The molecule has 31 heavy (non-hydrogen) atoms. The molecule has 168 valence electrons. The number of carbonyl (C=O) groups is 3. The van der Waals surface area contributed by atoms with E-state index in [0.29, 0.717) is 31.3 Å². The highest BCUT2D eigenvalue weighted by Gasteiger charge is 2.40. The van der Waals surface area contributed by atoms with Gasteiger partial charge in [-0.1, -0.05) is 0 Å². The van der Waals surface area contributed by atoms with Crippen LogP contribution in [0.15, 0.2) is 24.5 Å². The second kappa shape index (κ2) is 9.24. The van der Waals surface area contributed by atoms with E-state index in [-0.39, 0.29) is 17.7 Å². The van der Waals surface area contributed by atoms with Crippen molar-refractivity contribution in [1.82, 2.24) is 14.8 Å². The third kappa shape index (κ3) is 4.99. The van der Waals surface area contributed by atoms with Crippen molar-refractivity contribution in [2.45, 2.75) is 44.9 Å². The van der Waals surface area contributed by atoms with Gasteiger partial charge in [0.1, 0.15) is 6.42 Å². The highest BCUT2D eigenvalue weighted by molar-refractivity contribution is 5.93. The lowest BCUT2D eigenvalue weighted by Crippen LogP contribution is -2.50. The maximum atomic E-state index is 13.0. The Morgan fingerprint density at radius 2 is 1.48 bits per heavy atom. The number of aliphatic carboxylic acids is 1. The molecule has 8 nitrogen and oxygen atoms in total. The standard InChI is InChI=1S/C23H32N4O4/c28-20(17-21(29)30)26-11-3-18(4-12-26)22(31)27-15-7-23(8-16-27)5-13-25(14-6-23)19-1-9-24-10-2-19/h1-2,9-10,18H,3-8,11-17H2,(H,29,30). The minimum absolute atomic E-state index is 0.0449. The molecule has 0 bridgehead atoms. The monoisotopic (exact) mass is 428 g/mol. The van der Waals surface area contributed by atoms with Gasteiger partial charge in [0.25, 0.3) is 0 Å². The molecule has 0 radical (unpaired) electrons. The zero-order valence-electron chi connectivity index (χ0n) is 18.0.